The van der Waals surface area contributed by atoms with E-state index in [1.165, 1.54) is 23.8 Å². The van der Waals surface area contributed by atoms with Gasteiger partial charge in [0.05, 0.1) is 33.4 Å². The number of aryl methyl sites for hydroxylation is 2. The molecular formula is C76H60N4O2. The summed E-state index contributed by atoms with van der Waals surface area (Å²) < 4.78 is 72.8. The number of nitrogens with zero attached hydrogens (tertiary/aromatic N) is 4. The van der Waals surface area contributed by atoms with Gasteiger partial charge in [0.15, 0.2) is 0 Å². The molecule has 15 rings (SSSR count). The Bertz CT molecular complexity index is 5170. The Labute approximate surface area is 486 Å². The summed E-state index contributed by atoms with van der Waals surface area (Å²) in [6.07, 6.45) is 5.87. The number of para-hydroxylation sites is 2. The summed E-state index contributed by atoms with van der Waals surface area (Å²) in [5.41, 5.74) is 16.5. The number of benzene rings is 10. The molecule has 396 valence electrons. The molecule has 0 radical (unpaired) electrons. The minimum Gasteiger partial charge on any atom is -0.458 e. The number of fused-ring (bicyclic) bond motifs is 13. The van der Waals surface area contributed by atoms with Crippen molar-refractivity contribution in [3.05, 3.63) is 247 Å². The SMILES string of the molecule is [2H]C([2H])([2H])c1cccc(C([2H])([2H])[2H])c1-c1cc2c(c(C(C)(C)C)c1)-[n+]1[c-]n(-c3cccc(Oc4ccc5c6ccccc6n(-c6cc(C(C)(C)C)ccn6)c5c4)c3)c3cc(-c4ccc5oc6ccccc6c5c4)cc(c31)-c1ccccc1-c1ccccc1-2. The summed E-state index contributed by atoms with van der Waals surface area (Å²) in [6.45, 7) is 7.82. The highest BCUT2D eigenvalue weighted by molar-refractivity contribution is 6.10. The lowest BCUT2D eigenvalue weighted by Crippen LogP contribution is -2.35. The molecule has 1 aliphatic rings. The number of imidazole rings is 1. The number of furan rings is 1. The fraction of sp³-hybridized carbons (Fsp3) is 0.132. The maximum atomic E-state index is 8.82. The van der Waals surface area contributed by atoms with Crippen LogP contribution in [0.5, 0.6) is 11.5 Å². The van der Waals surface area contributed by atoms with Gasteiger partial charge in [-0.3, -0.25) is 13.7 Å². The van der Waals surface area contributed by atoms with Gasteiger partial charge in [0.25, 0.3) is 6.33 Å². The highest BCUT2D eigenvalue weighted by Crippen LogP contribution is 2.49. The largest absolute Gasteiger partial charge is 0.458 e. The van der Waals surface area contributed by atoms with Gasteiger partial charge in [-0.05, 0) is 181 Å². The molecule has 6 nitrogen and oxygen atoms in total. The van der Waals surface area contributed by atoms with E-state index < -0.39 is 19.1 Å². The van der Waals surface area contributed by atoms with Crippen molar-refractivity contribution in [3.8, 4) is 84.3 Å². The smallest absolute Gasteiger partial charge is 0.269 e. The monoisotopic (exact) mass is 1070 g/mol. The van der Waals surface area contributed by atoms with Crippen LogP contribution in [0.2, 0.25) is 0 Å². The first kappa shape index (κ1) is 43.1. The minimum atomic E-state index is -2.63. The Balaban J connectivity index is 1.00. The first-order valence-electron chi connectivity index (χ1n) is 30.9. The summed E-state index contributed by atoms with van der Waals surface area (Å²) in [5, 5.41) is 4.25. The van der Waals surface area contributed by atoms with Crippen LogP contribution >= 0.6 is 0 Å². The van der Waals surface area contributed by atoms with Crippen molar-refractivity contribution in [2.75, 3.05) is 0 Å². The molecule has 0 aliphatic carbocycles. The molecule has 0 spiro atoms. The van der Waals surface area contributed by atoms with E-state index in [0.717, 1.165) is 122 Å². The number of aromatic nitrogens is 4. The Kier molecular flexibility index (Phi) is 9.66. The topological polar surface area (TPSA) is 49.0 Å². The van der Waals surface area contributed by atoms with Crippen molar-refractivity contribution in [1.82, 2.24) is 14.1 Å². The van der Waals surface area contributed by atoms with E-state index in [0.29, 0.717) is 17.1 Å². The summed E-state index contributed by atoms with van der Waals surface area (Å²) in [6, 6.07) is 71.6. The molecule has 0 unspecified atom stereocenters. The number of hydrogen-bond acceptors (Lipinski definition) is 3. The molecule has 10 aromatic carbocycles. The molecule has 0 fully saturated rings. The van der Waals surface area contributed by atoms with Crippen LogP contribution in [0.4, 0.5) is 0 Å². The van der Waals surface area contributed by atoms with Gasteiger partial charge in [-0.2, -0.15) is 0 Å². The zero-order chi connectivity index (χ0) is 60.8. The highest BCUT2D eigenvalue weighted by Gasteiger charge is 2.31. The van der Waals surface area contributed by atoms with Crippen LogP contribution in [0.3, 0.4) is 0 Å². The summed E-state index contributed by atoms with van der Waals surface area (Å²) in [7, 11) is 0. The summed E-state index contributed by atoms with van der Waals surface area (Å²) in [4.78, 5) is 4.93. The molecule has 5 heterocycles. The molecule has 0 N–H and O–H groups in total. The molecule has 4 aromatic heterocycles. The van der Waals surface area contributed by atoms with Gasteiger partial charge >= 0.3 is 0 Å². The second-order valence-corrected chi connectivity index (χ2v) is 23.7. The van der Waals surface area contributed by atoms with Crippen LogP contribution in [0, 0.1) is 20.0 Å². The van der Waals surface area contributed by atoms with Gasteiger partial charge in [-0.15, -0.1) is 0 Å². The van der Waals surface area contributed by atoms with Gasteiger partial charge in [0.2, 0.25) is 0 Å². The molecular weight excluding hydrogens is 1000 g/mol. The molecule has 82 heavy (non-hydrogen) atoms. The van der Waals surface area contributed by atoms with E-state index in [9.17, 15) is 0 Å². The quantitative estimate of drug-likeness (QED) is 0.123. The van der Waals surface area contributed by atoms with Crippen LogP contribution in [0.25, 0.3) is 128 Å². The maximum absolute atomic E-state index is 8.82. The van der Waals surface area contributed by atoms with Crippen LogP contribution in [0.1, 0.15) is 72.0 Å². The lowest BCUT2D eigenvalue weighted by atomic mass is 9.79. The van der Waals surface area contributed by atoms with Gasteiger partial charge in [-0.25, -0.2) is 4.98 Å². The maximum Gasteiger partial charge on any atom is 0.269 e. The van der Waals surface area contributed by atoms with Crippen LogP contribution in [-0.4, -0.2) is 14.1 Å². The lowest BCUT2D eigenvalue weighted by molar-refractivity contribution is -0.572. The third-order valence-corrected chi connectivity index (χ3v) is 16.5. The number of ether oxygens (including phenoxy) is 1. The van der Waals surface area contributed by atoms with Gasteiger partial charge in [0.1, 0.15) is 28.5 Å². The second-order valence-electron chi connectivity index (χ2n) is 23.7. The molecule has 6 heteroatoms. The predicted octanol–water partition coefficient (Wildman–Crippen LogP) is 19.8. The normalized spacial score (nSPS) is 13.8. The third kappa shape index (κ3) is 7.91. The van der Waals surface area contributed by atoms with Crippen molar-refractivity contribution in [2.45, 2.75) is 66.1 Å². The Morgan fingerprint density at radius 1 is 0.488 bits per heavy atom. The first-order chi connectivity index (χ1) is 42.2. The van der Waals surface area contributed by atoms with E-state index in [4.69, 9.17) is 22.4 Å². The second kappa shape index (κ2) is 18.4. The fourth-order valence-corrected chi connectivity index (χ4v) is 12.5. The molecule has 0 bridgehead atoms. The van der Waals surface area contributed by atoms with E-state index in [-0.39, 0.29) is 22.1 Å². The van der Waals surface area contributed by atoms with Crippen molar-refractivity contribution in [3.63, 3.8) is 0 Å². The number of rotatable bonds is 6. The lowest BCUT2D eigenvalue weighted by Gasteiger charge is -2.28. The molecule has 0 amide bonds. The first-order valence-corrected chi connectivity index (χ1v) is 27.9. The summed E-state index contributed by atoms with van der Waals surface area (Å²) >= 11 is 0. The average Bonchev–Trinajstić information content (AvgIpc) is 1.53. The van der Waals surface area contributed by atoms with E-state index in [1.807, 2.05) is 66.9 Å². The van der Waals surface area contributed by atoms with E-state index >= 15 is 0 Å². The number of hydrogen-bond donors (Lipinski definition) is 0. The Morgan fingerprint density at radius 3 is 1.90 bits per heavy atom. The Hall–Kier alpha value is -9.78. The van der Waals surface area contributed by atoms with Crippen LogP contribution in [0.15, 0.2) is 223 Å². The molecule has 0 saturated carbocycles. The number of pyridine rings is 1. The summed E-state index contributed by atoms with van der Waals surface area (Å²) in [5.74, 6) is 2.10. The molecule has 14 aromatic rings. The average molecular weight is 1070 g/mol. The van der Waals surface area contributed by atoms with Crippen molar-refractivity contribution in [1.29, 1.82) is 0 Å². The van der Waals surface area contributed by atoms with Crippen LogP contribution < -0.4 is 9.30 Å². The fourth-order valence-electron chi connectivity index (χ4n) is 12.5. The van der Waals surface area contributed by atoms with Gasteiger partial charge < -0.3 is 9.15 Å². The third-order valence-electron chi connectivity index (χ3n) is 16.5. The molecule has 0 atom stereocenters. The minimum absolute atomic E-state index is 0.0258. The van der Waals surface area contributed by atoms with Crippen molar-refractivity contribution < 1.29 is 21.9 Å². The Morgan fingerprint density at radius 2 is 1.15 bits per heavy atom. The standard InChI is InChI=1S/C76H60N4O2/c1-46-19-17-20-47(2)72(46)50-39-63-57-25-11-9-23-55(57)56-24-10-12-26-58(56)64-38-49(48-31-34-70-62(37-48)61-28-14-16-30-69(61)82-70)41-68-74(64)79(73(63)65(40-50)76(6,7)8)45-78(68)52-21-18-22-53(43-52)81-54-32-33-60-59-27-13-15-29-66(59)80(67(60)44-54)71-42-51(35-36-77-71)75(3,4)5/h9-44H,1-8H3/i1D3,2D3. The van der Waals surface area contributed by atoms with Crippen molar-refractivity contribution in [2.24, 2.45) is 0 Å². The molecule has 1 aliphatic heterocycles. The van der Waals surface area contributed by atoms with E-state index in [1.54, 1.807) is 0 Å². The van der Waals surface area contributed by atoms with Gasteiger partial charge in [0, 0.05) is 42.0 Å². The zero-order valence-electron chi connectivity index (χ0n) is 52.4. The van der Waals surface area contributed by atoms with Crippen molar-refractivity contribution >= 4 is 54.8 Å². The van der Waals surface area contributed by atoms with E-state index in [2.05, 4.69) is 195 Å². The predicted molar refractivity (Wildman–Crippen MR) is 337 cm³/mol. The highest BCUT2D eigenvalue weighted by atomic mass is 16.5. The van der Waals surface area contributed by atoms with Gasteiger partial charge in [-0.1, -0.05) is 169 Å². The van der Waals surface area contributed by atoms with Crippen LogP contribution in [-0.2, 0) is 10.8 Å². The zero-order valence-corrected chi connectivity index (χ0v) is 46.4. The molecule has 0 saturated heterocycles.